The van der Waals surface area contributed by atoms with E-state index in [9.17, 15) is 13.2 Å². The van der Waals surface area contributed by atoms with Crippen LogP contribution in [-0.4, -0.2) is 45.1 Å². The number of hydrogen-bond acceptors (Lipinski definition) is 6. The Morgan fingerprint density at radius 1 is 1.08 bits per heavy atom. The molecule has 3 aromatic carbocycles. The summed E-state index contributed by atoms with van der Waals surface area (Å²) < 4.78 is 38.8. The first-order valence-electron chi connectivity index (χ1n) is 11.4. The normalized spacial score (nSPS) is 11.5. The molecule has 0 aliphatic carbocycles. The molecule has 0 atom stereocenters. The van der Waals surface area contributed by atoms with Crippen LogP contribution in [0.5, 0.6) is 11.5 Å². The molecule has 38 heavy (non-hydrogen) atoms. The van der Waals surface area contributed by atoms with Gasteiger partial charge in [0, 0.05) is 16.6 Å². The first-order chi connectivity index (χ1) is 18.1. The number of aryl methyl sites for hydroxylation is 1. The third-order valence-corrected chi connectivity index (χ3v) is 7.68. The van der Waals surface area contributed by atoms with Crippen LogP contribution >= 0.6 is 23.2 Å². The van der Waals surface area contributed by atoms with Crippen molar-refractivity contribution in [1.82, 2.24) is 9.73 Å². The number of hydrogen-bond donors (Lipinski definition) is 1. The molecule has 8 nitrogen and oxygen atoms in total. The molecule has 0 radical (unpaired) electrons. The Morgan fingerprint density at radius 2 is 1.82 bits per heavy atom. The van der Waals surface area contributed by atoms with E-state index in [1.54, 1.807) is 48.5 Å². The van der Waals surface area contributed by atoms with Crippen molar-refractivity contribution in [2.45, 2.75) is 18.4 Å². The molecule has 0 unspecified atom stereocenters. The number of benzene rings is 3. The second-order valence-electron chi connectivity index (χ2n) is 8.13. The van der Waals surface area contributed by atoms with Gasteiger partial charge >= 0.3 is 0 Å². The molecule has 1 N–H and O–H groups in total. The van der Waals surface area contributed by atoms with Crippen molar-refractivity contribution in [3.63, 3.8) is 0 Å². The van der Waals surface area contributed by atoms with E-state index in [-0.39, 0.29) is 16.5 Å². The summed E-state index contributed by atoms with van der Waals surface area (Å²) in [4.78, 5) is 12.8. The van der Waals surface area contributed by atoms with Gasteiger partial charge in [0.1, 0.15) is 6.61 Å². The van der Waals surface area contributed by atoms with E-state index in [2.05, 4.69) is 17.1 Å². The van der Waals surface area contributed by atoms with Crippen molar-refractivity contribution >= 4 is 45.3 Å². The fourth-order valence-corrected chi connectivity index (χ4v) is 5.17. The quantitative estimate of drug-likeness (QED) is 0.181. The highest BCUT2D eigenvalue weighted by Crippen LogP contribution is 2.28. The van der Waals surface area contributed by atoms with Crippen molar-refractivity contribution in [1.29, 1.82) is 0 Å². The van der Waals surface area contributed by atoms with Crippen LogP contribution in [0.4, 0.5) is 0 Å². The van der Waals surface area contributed by atoms with E-state index in [0.29, 0.717) is 34.3 Å². The van der Waals surface area contributed by atoms with Crippen LogP contribution in [0, 0.1) is 6.92 Å². The largest absolute Gasteiger partial charge is 0.493 e. The summed E-state index contributed by atoms with van der Waals surface area (Å²) in [6.45, 7) is 5.15. The fraction of sp³-hybridized carbons (Fsp3) is 0.185. The molecular weight excluding hydrogens is 549 g/mol. The molecule has 3 rings (SSSR count). The molecule has 0 spiro atoms. The average Bonchev–Trinajstić information content (AvgIpc) is 2.89. The molecule has 0 bridgehead atoms. The van der Waals surface area contributed by atoms with Gasteiger partial charge in [0.25, 0.3) is 5.91 Å². The highest BCUT2D eigenvalue weighted by atomic mass is 35.5. The Morgan fingerprint density at radius 3 is 2.47 bits per heavy atom. The summed E-state index contributed by atoms with van der Waals surface area (Å²) in [6.07, 6.45) is 3.03. The Balaban J connectivity index is 1.78. The van der Waals surface area contributed by atoms with Gasteiger partial charge in [-0.15, -0.1) is 0 Å². The monoisotopic (exact) mass is 575 g/mol. The zero-order chi connectivity index (χ0) is 27.7. The number of carbonyl (C=O) groups excluding carboxylic acids is 1. The molecule has 0 saturated heterocycles. The fourth-order valence-electron chi connectivity index (χ4n) is 3.33. The lowest BCUT2D eigenvalue weighted by Gasteiger charge is -2.22. The molecule has 1 amide bonds. The van der Waals surface area contributed by atoms with E-state index in [0.717, 1.165) is 9.87 Å². The molecule has 0 aliphatic heterocycles. The van der Waals surface area contributed by atoms with Gasteiger partial charge in [-0.1, -0.05) is 59.6 Å². The maximum absolute atomic E-state index is 13.4. The Kier molecular flexibility index (Phi) is 10.3. The minimum atomic E-state index is -4.05. The summed E-state index contributed by atoms with van der Waals surface area (Å²) in [5.41, 5.74) is 4.40. The van der Waals surface area contributed by atoms with Crippen molar-refractivity contribution < 1.29 is 22.7 Å². The lowest BCUT2D eigenvalue weighted by atomic mass is 10.2. The topological polar surface area (TPSA) is 97.3 Å². The standard InChI is InChI=1S/C27H27Cl2N3O5S/c1-4-13-37-25-12-7-20(14-26(25)36-3)16-30-31-27(33)18-32(17-21-8-9-22(28)15-24(21)29)38(34,35)23-10-5-19(2)6-11-23/h4-12,14-16H,1,13,17-18H2,2-3H3,(H,31,33)/b30-16-. The van der Waals surface area contributed by atoms with Gasteiger partial charge in [0.2, 0.25) is 10.0 Å². The first-order valence-corrected chi connectivity index (χ1v) is 13.6. The number of amides is 1. The van der Waals surface area contributed by atoms with Gasteiger partial charge in [0.05, 0.1) is 24.8 Å². The van der Waals surface area contributed by atoms with Gasteiger partial charge in [-0.2, -0.15) is 9.41 Å². The number of nitrogens with one attached hydrogen (secondary N) is 1. The first kappa shape index (κ1) is 29.2. The van der Waals surface area contributed by atoms with E-state index in [1.807, 2.05) is 6.92 Å². The third-order valence-electron chi connectivity index (χ3n) is 5.29. The zero-order valence-corrected chi connectivity index (χ0v) is 23.2. The third kappa shape index (κ3) is 7.82. The van der Waals surface area contributed by atoms with Crippen molar-refractivity contribution in [2.24, 2.45) is 5.10 Å². The van der Waals surface area contributed by atoms with Crippen molar-refractivity contribution in [3.05, 3.63) is 100 Å². The molecule has 11 heteroatoms. The number of nitrogens with zero attached hydrogens (tertiary/aromatic N) is 2. The predicted octanol–water partition coefficient (Wildman–Crippen LogP) is 5.22. The molecule has 0 fully saturated rings. The van der Waals surface area contributed by atoms with Crippen LogP contribution in [0.15, 0.2) is 83.3 Å². The van der Waals surface area contributed by atoms with Gasteiger partial charge in [-0.05, 0) is 60.5 Å². The highest BCUT2D eigenvalue weighted by molar-refractivity contribution is 7.89. The lowest BCUT2D eigenvalue weighted by Crippen LogP contribution is -2.39. The summed E-state index contributed by atoms with van der Waals surface area (Å²) in [7, 11) is -2.54. The van der Waals surface area contributed by atoms with Crippen LogP contribution in [-0.2, 0) is 21.4 Å². The second kappa shape index (κ2) is 13.4. The molecule has 0 aliphatic rings. The zero-order valence-electron chi connectivity index (χ0n) is 20.9. The van der Waals surface area contributed by atoms with Crippen LogP contribution in [0.25, 0.3) is 0 Å². The van der Waals surface area contributed by atoms with Crippen molar-refractivity contribution in [3.8, 4) is 11.5 Å². The number of halogens is 2. The minimum Gasteiger partial charge on any atom is -0.493 e. The number of rotatable bonds is 12. The predicted molar refractivity (Wildman–Crippen MR) is 150 cm³/mol. The van der Waals surface area contributed by atoms with Gasteiger partial charge in [0.15, 0.2) is 11.5 Å². The summed E-state index contributed by atoms with van der Waals surface area (Å²) in [6, 6.07) is 16.2. The van der Waals surface area contributed by atoms with Crippen LogP contribution < -0.4 is 14.9 Å². The number of carbonyl (C=O) groups is 1. The summed E-state index contributed by atoms with van der Waals surface area (Å²) in [5.74, 6) is 0.378. The Labute approximate surface area is 232 Å². The average molecular weight is 577 g/mol. The van der Waals surface area contributed by atoms with E-state index in [1.165, 1.54) is 31.5 Å². The molecule has 0 saturated carbocycles. The number of sulfonamides is 1. The van der Waals surface area contributed by atoms with E-state index < -0.39 is 22.5 Å². The minimum absolute atomic E-state index is 0.0512. The van der Waals surface area contributed by atoms with Gasteiger partial charge in [-0.25, -0.2) is 13.8 Å². The molecule has 3 aromatic rings. The lowest BCUT2D eigenvalue weighted by molar-refractivity contribution is -0.121. The van der Waals surface area contributed by atoms with Gasteiger partial charge in [-0.3, -0.25) is 4.79 Å². The summed E-state index contributed by atoms with van der Waals surface area (Å²) in [5, 5.41) is 4.66. The Hall–Kier alpha value is -3.37. The maximum Gasteiger partial charge on any atom is 0.255 e. The number of ether oxygens (including phenoxy) is 2. The van der Waals surface area contributed by atoms with Gasteiger partial charge < -0.3 is 9.47 Å². The molecule has 200 valence electrons. The molecular formula is C27H27Cl2N3O5S. The van der Waals surface area contributed by atoms with Crippen LogP contribution in [0.3, 0.4) is 0 Å². The molecule has 0 aromatic heterocycles. The number of hydrazone groups is 1. The second-order valence-corrected chi connectivity index (χ2v) is 10.9. The maximum atomic E-state index is 13.4. The number of methoxy groups -OCH3 is 1. The van der Waals surface area contributed by atoms with E-state index in [4.69, 9.17) is 32.7 Å². The Bertz CT molecular complexity index is 1430. The smallest absolute Gasteiger partial charge is 0.255 e. The van der Waals surface area contributed by atoms with Crippen molar-refractivity contribution in [2.75, 3.05) is 20.3 Å². The van der Waals surface area contributed by atoms with Crippen LogP contribution in [0.2, 0.25) is 10.0 Å². The van der Waals surface area contributed by atoms with Crippen LogP contribution in [0.1, 0.15) is 16.7 Å². The molecule has 0 heterocycles. The van der Waals surface area contributed by atoms with E-state index >= 15 is 0 Å². The highest BCUT2D eigenvalue weighted by Gasteiger charge is 2.27. The SMILES string of the molecule is C=CCOc1ccc(/C=N\NC(=O)CN(Cc2ccc(Cl)cc2Cl)S(=O)(=O)c2ccc(C)cc2)cc1OC. The summed E-state index contributed by atoms with van der Waals surface area (Å²) >= 11 is 12.3.